The summed E-state index contributed by atoms with van der Waals surface area (Å²) in [5.41, 5.74) is 3.12. The predicted molar refractivity (Wildman–Crippen MR) is 149 cm³/mol. The number of likely N-dealkylation sites (tertiary alicyclic amines) is 1. The molecule has 8 nitrogen and oxygen atoms in total. The summed E-state index contributed by atoms with van der Waals surface area (Å²) >= 11 is 0. The van der Waals surface area contributed by atoms with E-state index in [4.69, 9.17) is 9.47 Å². The monoisotopic (exact) mass is 530 g/mol. The van der Waals surface area contributed by atoms with Crippen molar-refractivity contribution in [1.82, 2.24) is 9.80 Å². The van der Waals surface area contributed by atoms with Crippen molar-refractivity contribution in [3.05, 3.63) is 94.6 Å². The van der Waals surface area contributed by atoms with E-state index in [-0.39, 0.29) is 22.8 Å². The summed E-state index contributed by atoms with van der Waals surface area (Å²) < 4.78 is 11.1. The van der Waals surface area contributed by atoms with E-state index in [1.54, 1.807) is 36.4 Å². The van der Waals surface area contributed by atoms with Crippen molar-refractivity contribution >= 4 is 17.4 Å². The smallest absolute Gasteiger partial charge is 0.295 e. The first-order valence-corrected chi connectivity index (χ1v) is 12.8. The molecule has 2 N–H and O–H groups in total. The molecule has 0 spiro atoms. The van der Waals surface area contributed by atoms with Crippen LogP contribution in [0.25, 0.3) is 5.76 Å². The molecule has 4 rings (SSSR count). The number of hydrogen-bond donors (Lipinski definition) is 2. The maximum absolute atomic E-state index is 13.3. The summed E-state index contributed by atoms with van der Waals surface area (Å²) in [4.78, 5) is 29.9. The van der Waals surface area contributed by atoms with Gasteiger partial charge in [0.1, 0.15) is 18.1 Å². The van der Waals surface area contributed by atoms with Gasteiger partial charge in [-0.3, -0.25) is 9.59 Å². The lowest BCUT2D eigenvalue weighted by Crippen LogP contribution is -2.32. The number of carbonyl (C=O) groups is 2. The zero-order chi connectivity index (χ0) is 28.1. The minimum atomic E-state index is -0.834. The molecule has 1 amide bonds. The molecule has 3 aromatic carbocycles. The molecule has 0 unspecified atom stereocenters. The zero-order valence-electron chi connectivity index (χ0n) is 22.7. The molecule has 8 heteroatoms. The number of amides is 1. The Morgan fingerprint density at radius 2 is 1.77 bits per heavy atom. The van der Waals surface area contributed by atoms with Gasteiger partial charge in [0.25, 0.3) is 11.7 Å². The lowest BCUT2D eigenvalue weighted by Gasteiger charge is -2.26. The van der Waals surface area contributed by atoms with E-state index in [1.165, 1.54) is 18.1 Å². The number of methoxy groups -OCH3 is 1. The quantitative estimate of drug-likeness (QED) is 0.223. The molecule has 0 bridgehead atoms. The van der Waals surface area contributed by atoms with Crippen molar-refractivity contribution in [2.75, 3.05) is 34.3 Å². The van der Waals surface area contributed by atoms with Crippen LogP contribution in [0, 0.1) is 6.92 Å². The molecule has 0 aliphatic carbocycles. The second kappa shape index (κ2) is 12.0. The first-order chi connectivity index (χ1) is 18.7. The van der Waals surface area contributed by atoms with Gasteiger partial charge in [0.2, 0.25) is 0 Å². The standard InChI is InChI=1S/C31H34N2O6/c1-20-7-5-8-21(17-20)19-39-24-12-9-22(10-13-24)29(35)27-28(23-11-14-25(34)26(18-23)38-4)33(31(37)30(27)36)16-6-15-32(2)3/h5,7-14,17-18,28,34-35H,6,15-16,19H2,1-4H3/b29-27+/t28-/m1/s1. The molecular weight excluding hydrogens is 496 g/mol. The number of phenols is 1. The van der Waals surface area contributed by atoms with Crippen LogP contribution in [0.4, 0.5) is 0 Å². The van der Waals surface area contributed by atoms with Gasteiger partial charge < -0.3 is 29.5 Å². The number of aliphatic hydroxyl groups is 1. The summed E-state index contributed by atoms with van der Waals surface area (Å²) in [5, 5.41) is 21.4. The molecule has 1 atom stereocenters. The number of ketones is 1. The molecular formula is C31H34N2O6. The van der Waals surface area contributed by atoms with E-state index in [0.29, 0.717) is 36.4 Å². The Hall–Kier alpha value is -4.30. The molecule has 0 radical (unpaired) electrons. The largest absolute Gasteiger partial charge is 0.507 e. The molecule has 1 heterocycles. The van der Waals surface area contributed by atoms with Gasteiger partial charge in [0, 0.05) is 12.1 Å². The third kappa shape index (κ3) is 6.23. The first-order valence-electron chi connectivity index (χ1n) is 12.8. The summed E-state index contributed by atoms with van der Waals surface area (Å²) in [6.07, 6.45) is 0.638. The normalized spacial score (nSPS) is 16.6. The van der Waals surface area contributed by atoms with Crippen LogP contribution in [-0.4, -0.2) is 66.0 Å². The minimum Gasteiger partial charge on any atom is -0.507 e. The fourth-order valence-electron chi connectivity index (χ4n) is 4.71. The van der Waals surface area contributed by atoms with Gasteiger partial charge in [-0.05, 0) is 81.5 Å². The highest BCUT2D eigenvalue weighted by Gasteiger charge is 2.46. The lowest BCUT2D eigenvalue weighted by molar-refractivity contribution is -0.139. The van der Waals surface area contributed by atoms with Gasteiger partial charge in [0.05, 0.1) is 18.7 Å². The SMILES string of the molecule is COc1cc([C@@H]2/C(=C(\O)c3ccc(OCc4cccc(C)c4)cc3)C(=O)C(=O)N2CCCN(C)C)ccc1O. The number of aromatic hydroxyl groups is 1. The summed E-state index contributed by atoms with van der Waals surface area (Å²) in [5.74, 6) is -0.948. The van der Waals surface area contributed by atoms with Gasteiger partial charge in [-0.15, -0.1) is 0 Å². The van der Waals surface area contributed by atoms with E-state index in [9.17, 15) is 19.8 Å². The van der Waals surface area contributed by atoms with E-state index in [0.717, 1.165) is 17.7 Å². The van der Waals surface area contributed by atoms with Gasteiger partial charge in [0.15, 0.2) is 11.5 Å². The van der Waals surface area contributed by atoms with E-state index >= 15 is 0 Å². The number of carbonyl (C=O) groups excluding carboxylic acids is 2. The lowest BCUT2D eigenvalue weighted by atomic mass is 9.95. The number of Topliss-reactive ketones (excluding diaryl/α,β-unsaturated/α-hetero) is 1. The van der Waals surface area contributed by atoms with Crippen LogP contribution in [-0.2, 0) is 16.2 Å². The van der Waals surface area contributed by atoms with Crippen LogP contribution in [0.3, 0.4) is 0 Å². The number of ether oxygens (including phenoxy) is 2. The van der Waals surface area contributed by atoms with Gasteiger partial charge in [-0.2, -0.15) is 0 Å². The second-order valence-electron chi connectivity index (χ2n) is 9.88. The molecule has 1 fully saturated rings. The maximum atomic E-state index is 13.3. The van der Waals surface area contributed by atoms with Crippen molar-refractivity contribution in [2.45, 2.75) is 26.0 Å². The maximum Gasteiger partial charge on any atom is 0.295 e. The molecule has 0 aromatic heterocycles. The topological polar surface area (TPSA) is 99.5 Å². The number of aliphatic hydroxyl groups excluding tert-OH is 1. The van der Waals surface area contributed by atoms with Crippen LogP contribution in [0.15, 0.2) is 72.3 Å². The summed E-state index contributed by atoms with van der Waals surface area (Å²) in [6.45, 7) is 3.46. The van der Waals surface area contributed by atoms with Crippen molar-refractivity contribution < 1.29 is 29.3 Å². The van der Waals surface area contributed by atoms with Gasteiger partial charge in [-0.1, -0.05) is 35.9 Å². The van der Waals surface area contributed by atoms with E-state index in [2.05, 4.69) is 6.07 Å². The highest BCUT2D eigenvalue weighted by molar-refractivity contribution is 6.46. The van der Waals surface area contributed by atoms with Crippen LogP contribution in [0.1, 0.15) is 34.7 Å². The third-order valence-corrected chi connectivity index (χ3v) is 6.68. The highest BCUT2D eigenvalue weighted by atomic mass is 16.5. The van der Waals surface area contributed by atoms with E-state index in [1.807, 2.05) is 44.1 Å². The third-order valence-electron chi connectivity index (χ3n) is 6.68. The van der Waals surface area contributed by atoms with E-state index < -0.39 is 17.7 Å². The predicted octanol–water partition coefficient (Wildman–Crippen LogP) is 4.66. The molecule has 3 aromatic rings. The number of phenolic OH excluding ortho intramolecular Hbond substituents is 1. The van der Waals surface area contributed by atoms with Crippen LogP contribution < -0.4 is 9.47 Å². The van der Waals surface area contributed by atoms with Crippen LogP contribution >= 0.6 is 0 Å². The number of benzene rings is 3. The molecule has 1 aliphatic heterocycles. The fraction of sp³-hybridized carbons (Fsp3) is 0.290. The Morgan fingerprint density at radius 3 is 2.44 bits per heavy atom. The number of hydrogen-bond acceptors (Lipinski definition) is 7. The Balaban J connectivity index is 1.66. The highest BCUT2D eigenvalue weighted by Crippen LogP contribution is 2.42. The van der Waals surface area contributed by atoms with Crippen LogP contribution in [0.5, 0.6) is 17.2 Å². The second-order valence-corrected chi connectivity index (χ2v) is 9.88. The Labute approximate surface area is 228 Å². The van der Waals surface area contributed by atoms with Crippen molar-refractivity contribution in [2.24, 2.45) is 0 Å². The average molecular weight is 531 g/mol. The molecule has 1 saturated heterocycles. The van der Waals surface area contributed by atoms with Crippen molar-refractivity contribution in [3.8, 4) is 17.2 Å². The molecule has 204 valence electrons. The Bertz CT molecular complexity index is 1380. The van der Waals surface area contributed by atoms with Crippen molar-refractivity contribution in [1.29, 1.82) is 0 Å². The number of rotatable bonds is 10. The number of aryl methyl sites for hydroxylation is 1. The molecule has 39 heavy (non-hydrogen) atoms. The van der Waals surface area contributed by atoms with Crippen LogP contribution in [0.2, 0.25) is 0 Å². The van der Waals surface area contributed by atoms with Gasteiger partial charge >= 0.3 is 0 Å². The number of nitrogens with zero attached hydrogens (tertiary/aromatic N) is 2. The zero-order valence-corrected chi connectivity index (χ0v) is 22.7. The summed E-state index contributed by atoms with van der Waals surface area (Å²) in [7, 11) is 5.30. The molecule has 0 saturated carbocycles. The Morgan fingerprint density at radius 1 is 1.03 bits per heavy atom. The average Bonchev–Trinajstić information content (AvgIpc) is 3.17. The van der Waals surface area contributed by atoms with Gasteiger partial charge in [-0.25, -0.2) is 0 Å². The first kappa shape index (κ1) is 27.7. The molecule has 1 aliphatic rings. The minimum absolute atomic E-state index is 0.00831. The fourth-order valence-corrected chi connectivity index (χ4v) is 4.71. The summed E-state index contributed by atoms with van der Waals surface area (Å²) in [6, 6.07) is 18.6. The Kier molecular flexibility index (Phi) is 8.56. The van der Waals surface area contributed by atoms with Crippen molar-refractivity contribution in [3.63, 3.8) is 0 Å².